The molecule has 0 aliphatic rings. The molecule has 1 unspecified atom stereocenters. The summed E-state index contributed by atoms with van der Waals surface area (Å²) in [7, 11) is -2.33. The summed E-state index contributed by atoms with van der Waals surface area (Å²) in [5.74, 6) is -0.0627. The van der Waals surface area contributed by atoms with Gasteiger partial charge in [0.25, 0.3) is 0 Å². The molecule has 1 atom stereocenters. The minimum Gasteiger partial charge on any atom is -0.482 e. The van der Waals surface area contributed by atoms with Gasteiger partial charge in [-0.2, -0.15) is 4.72 Å². The number of thioether (sulfide) groups is 1. The zero-order chi connectivity index (χ0) is 20.8. The molecular formula is C19H30FNO5S2. The van der Waals surface area contributed by atoms with Crippen LogP contribution in [0.25, 0.3) is 0 Å². The Labute approximate surface area is 171 Å². The number of carbonyl (C=O) groups is 1. The zero-order valence-electron chi connectivity index (χ0n) is 16.5. The second-order valence-corrected chi connectivity index (χ2v) is 9.29. The number of nitrogens with one attached hydrogen (secondary N) is 1. The Hall–Kier alpha value is -1.32. The van der Waals surface area contributed by atoms with Gasteiger partial charge in [0.2, 0.25) is 10.0 Å². The van der Waals surface area contributed by atoms with Gasteiger partial charge in [-0.1, -0.05) is 39.0 Å². The molecule has 160 valence electrons. The van der Waals surface area contributed by atoms with Crippen molar-refractivity contribution in [3.8, 4) is 5.75 Å². The summed E-state index contributed by atoms with van der Waals surface area (Å²) >= 11 is 1.20. The average molecular weight is 436 g/mol. The number of hydrogen-bond acceptors (Lipinski definition) is 6. The van der Waals surface area contributed by atoms with Gasteiger partial charge in [-0.15, -0.1) is 11.8 Å². The molecule has 0 fully saturated rings. The maximum absolute atomic E-state index is 14.0. The molecule has 0 spiro atoms. The third kappa shape index (κ3) is 11.5. The van der Waals surface area contributed by atoms with Crippen LogP contribution in [0.2, 0.25) is 0 Å². The lowest BCUT2D eigenvalue weighted by molar-refractivity contribution is -0.142. The van der Waals surface area contributed by atoms with Crippen molar-refractivity contribution in [2.75, 3.05) is 25.2 Å². The van der Waals surface area contributed by atoms with Gasteiger partial charge in [0.1, 0.15) is 5.75 Å². The first kappa shape index (κ1) is 24.7. The van der Waals surface area contributed by atoms with Crippen LogP contribution in [0.1, 0.15) is 45.4 Å². The average Bonchev–Trinajstić information content (AvgIpc) is 2.67. The zero-order valence-corrected chi connectivity index (χ0v) is 18.1. The molecule has 28 heavy (non-hydrogen) atoms. The molecule has 0 aliphatic heterocycles. The van der Waals surface area contributed by atoms with Crippen molar-refractivity contribution >= 4 is 27.8 Å². The van der Waals surface area contributed by atoms with Gasteiger partial charge in [0.15, 0.2) is 12.9 Å². The quantitative estimate of drug-likeness (QED) is 0.195. The van der Waals surface area contributed by atoms with E-state index in [-0.39, 0.29) is 18.1 Å². The van der Waals surface area contributed by atoms with E-state index in [0.717, 1.165) is 37.0 Å². The fraction of sp³-hybridized carbons (Fsp3) is 0.632. The van der Waals surface area contributed by atoms with Crippen LogP contribution in [-0.4, -0.2) is 45.9 Å². The number of benzene rings is 1. The number of sulfonamides is 1. The summed E-state index contributed by atoms with van der Waals surface area (Å²) in [4.78, 5) is 11.8. The lowest BCUT2D eigenvalue weighted by atomic mass is 10.1. The van der Waals surface area contributed by atoms with Crippen LogP contribution in [0.4, 0.5) is 4.39 Å². The second kappa shape index (κ2) is 13.8. The molecule has 0 radical (unpaired) electrons. The predicted octanol–water partition coefficient (Wildman–Crippen LogP) is 3.91. The molecule has 1 aromatic rings. The predicted molar refractivity (Wildman–Crippen MR) is 110 cm³/mol. The van der Waals surface area contributed by atoms with E-state index in [1.807, 2.05) is 0 Å². The lowest BCUT2D eigenvalue weighted by Crippen LogP contribution is -2.35. The molecule has 0 amide bonds. The molecule has 1 N–H and O–H groups in total. The van der Waals surface area contributed by atoms with Crippen LogP contribution in [-0.2, 0) is 19.6 Å². The number of ether oxygens (including phenoxy) is 2. The van der Waals surface area contributed by atoms with Gasteiger partial charge in [0, 0.05) is 10.6 Å². The first-order valence-electron chi connectivity index (χ1n) is 9.43. The summed E-state index contributed by atoms with van der Waals surface area (Å²) in [6, 6.07) is 6.74. The molecular weight excluding hydrogens is 405 g/mol. The van der Waals surface area contributed by atoms with Crippen LogP contribution in [0, 0.1) is 0 Å². The van der Waals surface area contributed by atoms with Crippen LogP contribution in [0.5, 0.6) is 5.75 Å². The van der Waals surface area contributed by atoms with Crippen LogP contribution in [0.3, 0.4) is 0 Å². The number of halogens is 1. The molecule has 0 bridgehead atoms. The molecule has 0 saturated carbocycles. The fourth-order valence-corrected chi connectivity index (χ4v) is 4.39. The maximum atomic E-state index is 14.0. The van der Waals surface area contributed by atoms with Crippen LogP contribution < -0.4 is 9.46 Å². The Bertz CT molecular complexity index is 667. The monoisotopic (exact) mass is 435 g/mol. The van der Waals surface area contributed by atoms with Crippen molar-refractivity contribution in [3.63, 3.8) is 0 Å². The Balaban J connectivity index is 2.29. The maximum Gasteiger partial charge on any atom is 0.343 e. The largest absolute Gasteiger partial charge is 0.482 e. The number of hydrogen-bond donors (Lipinski definition) is 1. The molecule has 0 heterocycles. The highest BCUT2D eigenvalue weighted by Crippen LogP contribution is 2.22. The van der Waals surface area contributed by atoms with E-state index in [1.54, 1.807) is 24.3 Å². The number of carbonyl (C=O) groups excluding carboxylic acids is 1. The highest BCUT2D eigenvalue weighted by molar-refractivity contribution is 7.99. The number of unbranched alkanes of at least 4 members (excludes halogenated alkanes) is 5. The van der Waals surface area contributed by atoms with E-state index >= 15 is 0 Å². The minimum absolute atomic E-state index is 0.0297. The molecule has 0 saturated heterocycles. The molecule has 9 heteroatoms. The standard InChI is InChI=1S/C19H30FNO5S2/c1-3-4-5-6-7-8-13-28(23,24)21-18(20)15-27-17-11-9-16(10-12-17)26-14-19(22)25-2/h9-12,18,21H,3-8,13-15H2,1-2H3. The fourth-order valence-electron chi connectivity index (χ4n) is 2.36. The summed E-state index contributed by atoms with van der Waals surface area (Å²) < 4.78 is 49.6. The SMILES string of the molecule is CCCCCCCCS(=O)(=O)NC(F)CSc1ccc(OCC(=O)OC)cc1. The van der Waals surface area contributed by atoms with E-state index in [9.17, 15) is 17.6 Å². The first-order chi connectivity index (χ1) is 13.4. The van der Waals surface area contributed by atoms with Gasteiger partial charge in [-0.25, -0.2) is 17.6 Å². The third-order valence-electron chi connectivity index (χ3n) is 3.88. The smallest absolute Gasteiger partial charge is 0.343 e. The number of rotatable bonds is 15. The van der Waals surface area contributed by atoms with Gasteiger partial charge in [0.05, 0.1) is 12.9 Å². The van der Waals surface area contributed by atoms with Crippen molar-refractivity contribution in [2.24, 2.45) is 0 Å². The Morgan fingerprint density at radius 3 is 2.43 bits per heavy atom. The van der Waals surface area contributed by atoms with Crippen molar-refractivity contribution in [1.29, 1.82) is 0 Å². The van der Waals surface area contributed by atoms with Gasteiger partial charge in [-0.05, 0) is 30.7 Å². The Morgan fingerprint density at radius 1 is 1.14 bits per heavy atom. The summed E-state index contributed by atoms with van der Waals surface area (Å²) in [5, 5.41) is 0. The van der Waals surface area contributed by atoms with Crippen molar-refractivity contribution in [1.82, 2.24) is 4.72 Å². The van der Waals surface area contributed by atoms with Crippen molar-refractivity contribution in [2.45, 2.75) is 56.6 Å². The topological polar surface area (TPSA) is 81.7 Å². The first-order valence-corrected chi connectivity index (χ1v) is 12.1. The minimum atomic E-state index is -3.60. The van der Waals surface area contributed by atoms with Crippen molar-refractivity contribution < 1.29 is 27.1 Å². The van der Waals surface area contributed by atoms with Crippen LogP contribution >= 0.6 is 11.8 Å². The Morgan fingerprint density at radius 2 is 1.79 bits per heavy atom. The molecule has 1 rings (SSSR count). The highest BCUT2D eigenvalue weighted by Gasteiger charge is 2.17. The number of alkyl halides is 1. The van der Waals surface area contributed by atoms with Crippen molar-refractivity contribution in [3.05, 3.63) is 24.3 Å². The summed E-state index contributed by atoms with van der Waals surface area (Å²) in [5.41, 5.74) is 0. The van der Waals surface area contributed by atoms with Gasteiger partial charge < -0.3 is 9.47 Å². The number of methoxy groups -OCH3 is 1. The van der Waals surface area contributed by atoms with Gasteiger partial charge in [-0.3, -0.25) is 0 Å². The van der Waals surface area contributed by atoms with E-state index in [2.05, 4.69) is 16.4 Å². The van der Waals surface area contributed by atoms with E-state index in [0.29, 0.717) is 12.2 Å². The second-order valence-electron chi connectivity index (χ2n) is 6.32. The van der Waals surface area contributed by atoms with Gasteiger partial charge >= 0.3 is 5.97 Å². The van der Waals surface area contributed by atoms with E-state index in [1.165, 1.54) is 18.9 Å². The molecule has 6 nitrogen and oxygen atoms in total. The van der Waals surface area contributed by atoms with E-state index in [4.69, 9.17) is 4.74 Å². The Kier molecular flexibility index (Phi) is 12.2. The normalized spacial score (nSPS) is 12.5. The molecule has 0 aromatic heterocycles. The van der Waals surface area contributed by atoms with Crippen LogP contribution in [0.15, 0.2) is 29.2 Å². The number of esters is 1. The summed E-state index contributed by atoms with van der Waals surface area (Å²) in [6.45, 7) is 1.94. The molecule has 0 aliphatic carbocycles. The third-order valence-corrected chi connectivity index (χ3v) is 6.38. The van der Waals surface area contributed by atoms with E-state index < -0.39 is 22.3 Å². The molecule has 1 aromatic carbocycles. The summed E-state index contributed by atoms with van der Waals surface area (Å²) in [6.07, 6.45) is 4.17. The lowest BCUT2D eigenvalue weighted by Gasteiger charge is -2.11. The highest BCUT2D eigenvalue weighted by atomic mass is 32.2.